The molecule has 8 heteroatoms. The number of furan rings is 1. The summed E-state index contributed by atoms with van der Waals surface area (Å²) < 4.78 is 19.0. The minimum atomic E-state index is -0.544. The zero-order chi connectivity index (χ0) is 18.4. The number of benzene rings is 1. The summed E-state index contributed by atoms with van der Waals surface area (Å²) in [5, 5.41) is 2.67. The normalized spacial score (nSPS) is 17.8. The lowest BCUT2D eigenvalue weighted by Crippen LogP contribution is -2.31. The molecule has 0 fully saturated rings. The minimum Gasteiger partial charge on any atom is -0.442 e. The van der Waals surface area contributed by atoms with Gasteiger partial charge in [0.05, 0.1) is 22.2 Å². The quantitative estimate of drug-likeness (QED) is 0.877. The number of hydrogen-bond donors (Lipinski definition) is 1. The molecule has 134 valence electrons. The lowest BCUT2D eigenvalue weighted by Gasteiger charge is -2.18. The molecule has 1 N–H and O–H groups in total. The van der Waals surface area contributed by atoms with E-state index in [9.17, 15) is 9.18 Å². The molecule has 3 heterocycles. The maximum Gasteiger partial charge on any atom is 0.260 e. The Bertz CT molecular complexity index is 966. The van der Waals surface area contributed by atoms with Crippen LogP contribution in [0, 0.1) is 12.7 Å². The van der Waals surface area contributed by atoms with Crippen LogP contribution in [0.2, 0.25) is 5.02 Å². The van der Waals surface area contributed by atoms with E-state index >= 15 is 0 Å². The first kappa shape index (κ1) is 16.8. The van der Waals surface area contributed by atoms with Gasteiger partial charge in [-0.1, -0.05) is 18.5 Å². The van der Waals surface area contributed by atoms with E-state index in [4.69, 9.17) is 21.0 Å². The molecule has 6 nitrogen and oxygen atoms in total. The van der Waals surface area contributed by atoms with Gasteiger partial charge in [-0.2, -0.15) is 0 Å². The molecule has 0 saturated heterocycles. The van der Waals surface area contributed by atoms with Gasteiger partial charge in [0.1, 0.15) is 23.8 Å². The standard InChI is InChI=1S/C18H16ClFN4O2/c1-3-10-7-24-8-21-18-15(16(24)22-10)14(9(2)26-18)17(25)23-11-4-5-13(20)12(19)6-11/h4-6,8,10H,3,7H2,1-2H3,(H,23,25)/t10-/m1/s1. The second-order valence-corrected chi connectivity index (χ2v) is 6.62. The number of carbonyl (C=O) groups is 1. The topological polar surface area (TPSA) is 70.2 Å². The van der Waals surface area contributed by atoms with Gasteiger partial charge in [-0.25, -0.2) is 9.38 Å². The highest BCUT2D eigenvalue weighted by molar-refractivity contribution is 6.31. The maximum atomic E-state index is 13.3. The van der Waals surface area contributed by atoms with Crippen LogP contribution in [0.5, 0.6) is 0 Å². The Morgan fingerprint density at radius 3 is 3.04 bits per heavy atom. The van der Waals surface area contributed by atoms with Gasteiger partial charge in [0.15, 0.2) is 0 Å². The van der Waals surface area contributed by atoms with E-state index in [1.807, 2.05) is 4.90 Å². The number of aryl methyl sites for hydroxylation is 1. The molecule has 0 unspecified atom stereocenters. The van der Waals surface area contributed by atoms with E-state index in [1.165, 1.54) is 18.2 Å². The second-order valence-electron chi connectivity index (χ2n) is 6.21. The van der Waals surface area contributed by atoms with Crippen molar-refractivity contribution in [3.05, 3.63) is 45.9 Å². The van der Waals surface area contributed by atoms with Crippen molar-refractivity contribution in [1.29, 1.82) is 0 Å². The first-order chi connectivity index (χ1) is 12.5. The molecular weight excluding hydrogens is 359 g/mol. The number of amides is 1. The zero-order valence-electron chi connectivity index (χ0n) is 14.2. The van der Waals surface area contributed by atoms with Crippen LogP contribution < -0.4 is 5.32 Å². The first-order valence-electron chi connectivity index (χ1n) is 8.26. The van der Waals surface area contributed by atoms with Gasteiger partial charge in [-0.15, -0.1) is 0 Å². The Morgan fingerprint density at radius 2 is 2.31 bits per heavy atom. The van der Waals surface area contributed by atoms with Gasteiger partial charge >= 0.3 is 0 Å². The Labute approximate surface area is 154 Å². The summed E-state index contributed by atoms with van der Waals surface area (Å²) in [6.45, 7) is 4.50. The molecule has 2 aliphatic heterocycles. The molecule has 0 spiro atoms. The number of nitrogens with zero attached hydrogens (tertiary/aromatic N) is 3. The molecular formula is C18H16ClFN4O2. The number of halogens is 2. The molecule has 1 amide bonds. The average Bonchev–Trinajstić information content (AvgIpc) is 3.17. The van der Waals surface area contributed by atoms with Gasteiger partial charge in [-0.05, 0) is 31.5 Å². The fourth-order valence-corrected chi connectivity index (χ4v) is 3.30. The van der Waals surface area contributed by atoms with Crippen LogP contribution in [-0.2, 0) is 0 Å². The first-order valence-corrected chi connectivity index (χ1v) is 8.64. The monoisotopic (exact) mass is 374 g/mol. The van der Waals surface area contributed by atoms with Crippen LogP contribution in [-0.4, -0.2) is 35.6 Å². The summed E-state index contributed by atoms with van der Waals surface area (Å²) in [7, 11) is 0. The number of fused-ring (bicyclic) bond motifs is 3. The smallest absolute Gasteiger partial charge is 0.260 e. The average molecular weight is 375 g/mol. The predicted molar refractivity (Wildman–Crippen MR) is 98.3 cm³/mol. The van der Waals surface area contributed by atoms with Crippen molar-refractivity contribution >= 4 is 41.3 Å². The SMILES string of the molecule is CC[C@@H]1CN2C=Nc3oc(C)c(C(=O)Nc4ccc(F)c(Cl)c4)c3C2=N1. The van der Waals surface area contributed by atoms with Crippen molar-refractivity contribution in [2.24, 2.45) is 9.98 Å². The number of hydrogen-bond acceptors (Lipinski definition) is 5. The number of aliphatic imine (C=N–C) groups is 2. The summed E-state index contributed by atoms with van der Waals surface area (Å²) >= 11 is 5.78. The van der Waals surface area contributed by atoms with E-state index in [0.29, 0.717) is 34.3 Å². The lowest BCUT2D eigenvalue weighted by molar-refractivity contribution is 0.102. The molecule has 2 aromatic rings. The van der Waals surface area contributed by atoms with Crippen LogP contribution in [0.1, 0.15) is 35.0 Å². The molecule has 1 atom stereocenters. The Balaban J connectivity index is 1.72. The largest absolute Gasteiger partial charge is 0.442 e. The number of anilines is 1. The highest BCUT2D eigenvalue weighted by atomic mass is 35.5. The molecule has 1 aromatic heterocycles. The predicted octanol–water partition coefficient (Wildman–Crippen LogP) is 4.15. The molecule has 0 aliphatic carbocycles. The molecule has 0 bridgehead atoms. The highest BCUT2D eigenvalue weighted by Crippen LogP contribution is 2.36. The number of amidine groups is 1. The summed E-state index contributed by atoms with van der Waals surface area (Å²) in [6, 6.07) is 4.17. The molecule has 26 heavy (non-hydrogen) atoms. The molecule has 1 aromatic carbocycles. The van der Waals surface area contributed by atoms with Crippen molar-refractivity contribution in [3.63, 3.8) is 0 Å². The van der Waals surface area contributed by atoms with E-state index in [1.54, 1.807) is 13.3 Å². The molecule has 0 radical (unpaired) electrons. The lowest BCUT2D eigenvalue weighted by atomic mass is 10.1. The van der Waals surface area contributed by atoms with Gasteiger partial charge in [-0.3, -0.25) is 9.79 Å². The maximum absolute atomic E-state index is 13.3. The van der Waals surface area contributed by atoms with Gasteiger partial charge in [0.2, 0.25) is 5.88 Å². The van der Waals surface area contributed by atoms with Crippen molar-refractivity contribution in [2.75, 3.05) is 11.9 Å². The van der Waals surface area contributed by atoms with Gasteiger partial charge in [0, 0.05) is 12.2 Å². The van der Waals surface area contributed by atoms with E-state index in [0.717, 1.165) is 13.0 Å². The van der Waals surface area contributed by atoms with Crippen LogP contribution in [0.25, 0.3) is 0 Å². The van der Waals surface area contributed by atoms with Gasteiger partial charge in [0.25, 0.3) is 5.91 Å². The number of rotatable bonds is 3. The third kappa shape index (κ3) is 2.68. The Morgan fingerprint density at radius 1 is 1.50 bits per heavy atom. The fraction of sp³-hybridized carbons (Fsp3) is 0.278. The number of carbonyl (C=O) groups excluding carboxylic acids is 1. The summed E-state index contributed by atoms with van der Waals surface area (Å²) in [4.78, 5) is 23.8. The van der Waals surface area contributed by atoms with Crippen molar-refractivity contribution in [3.8, 4) is 0 Å². The summed E-state index contributed by atoms with van der Waals surface area (Å²) in [6.07, 6.45) is 2.58. The minimum absolute atomic E-state index is 0.0597. The van der Waals surface area contributed by atoms with Crippen LogP contribution >= 0.6 is 11.6 Å². The fourth-order valence-electron chi connectivity index (χ4n) is 3.12. The van der Waals surface area contributed by atoms with Crippen LogP contribution in [0.3, 0.4) is 0 Å². The summed E-state index contributed by atoms with van der Waals surface area (Å²) in [5.41, 5.74) is 1.36. The summed E-state index contributed by atoms with van der Waals surface area (Å²) in [5.74, 6) is 0.590. The number of nitrogens with one attached hydrogen (secondary N) is 1. The van der Waals surface area contributed by atoms with Crippen LogP contribution in [0.15, 0.2) is 32.6 Å². The molecule has 2 aliphatic rings. The third-order valence-corrected chi connectivity index (χ3v) is 4.75. The highest BCUT2D eigenvalue weighted by Gasteiger charge is 2.35. The van der Waals surface area contributed by atoms with Crippen molar-refractivity contribution in [1.82, 2.24) is 4.90 Å². The van der Waals surface area contributed by atoms with E-state index in [-0.39, 0.29) is 17.0 Å². The zero-order valence-corrected chi connectivity index (χ0v) is 15.0. The molecule has 4 rings (SSSR count). The van der Waals surface area contributed by atoms with E-state index in [2.05, 4.69) is 17.2 Å². The Hall–Kier alpha value is -2.67. The van der Waals surface area contributed by atoms with E-state index < -0.39 is 5.82 Å². The van der Waals surface area contributed by atoms with Gasteiger partial charge < -0.3 is 14.6 Å². The van der Waals surface area contributed by atoms with Crippen molar-refractivity contribution in [2.45, 2.75) is 26.3 Å². The van der Waals surface area contributed by atoms with Crippen LogP contribution in [0.4, 0.5) is 16.0 Å². The third-order valence-electron chi connectivity index (χ3n) is 4.46. The second kappa shape index (κ2) is 6.25. The molecule has 0 saturated carbocycles. The van der Waals surface area contributed by atoms with Crippen molar-refractivity contribution < 1.29 is 13.6 Å². The Kier molecular flexibility index (Phi) is 4.03.